The number of amides is 2. The molecule has 0 radical (unpaired) electrons. The second-order valence-electron chi connectivity index (χ2n) is 7.20. The third-order valence-corrected chi connectivity index (χ3v) is 6.07. The molecule has 0 aliphatic carbocycles. The van der Waals surface area contributed by atoms with Crippen LogP contribution >= 0.6 is 11.8 Å². The zero-order valence-electron chi connectivity index (χ0n) is 16.3. The topological polar surface area (TPSA) is 42.3 Å². The number of benzene rings is 2. The Hall–Kier alpha value is -2.86. The summed E-state index contributed by atoms with van der Waals surface area (Å²) in [5.74, 6) is -0.467. The van der Waals surface area contributed by atoms with Crippen LogP contribution in [0, 0.1) is 5.82 Å². The number of carbonyl (C=O) groups is 2. The van der Waals surface area contributed by atoms with Gasteiger partial charge in [-0.2, -0.15) is 0 Å². The average molecular weight is 408 g/mol. The number of hydrogen-bond acceptors (Lipinski definition) is 3. The molecule has 3 aromatic rings. The fourth-order valence-electron chi connectivity index (χ4n) is 3.47. The minimum absolute atomic E-state index is 0.104. The molecule has 0 unspecified atom stereocenters. The van der Waals surface area contributed by atoms with Gasteiger partial charge in [-0.1, -0.05) is 25.1 Å². The maximum atomic E-state index is 13.4. The van der Waals surface area contributed by atoms with Gasteiger partial charge in [-0.25, -0.2) is 4.39 Å². The Labute approximate surface area is 173 Å². The number of imide groups is 1. The van der Waals surface area contributed by atoms with Crippen molar-refractivity contribution in [2.45, 2.75) is 32.9 Å². The van der Waals surface area contributed by atoms with Gasteiger partial charge in [0.2, 0.25) is 0 Å². The number of rotatable bonds is 5. The minimum atomic E-state index is -0.243. The SMILES string of the molecule is CC[C@@H](C)N1C(=O)S/C(=C\c2ccc3c(ccn3Cc3cccc(F)c3)c2)C1=O. The smallest absolute Gasteiger partial charge is 0.293 e. The van der Waals surface area contributed by atoms with Crippen LogP contribution in [-0.4, -0.2) is 26.7 Å². The highest BCUT2D eigenvalue weighted by molar-refractivity contribution is 8.18. The summed E-state index contributed by atoms with van der Waals surface area (Å²) in [7, 11) is 0. The summed E-state index contributed by atoms with van der Waals surface area (Å²) in [4.78, 5) is 26.6. The lowest BCUT2D eigenvalue weighted by Crippen LogP contribution is -2.36. The molecular weight excluding hydrogens is 387 g/mol. The van der Waals surface area contributed by atoms with Gasteiger partial charge in [-0.05, 0) is 72.6 Å². The first-order valence-electron chi connectivity index (χ1n) is 9.56. The lowest BCUT2D eigenvalue weighted by Gasteiger charge is -2.19. The molecule has 4 rings (SSSR count). The number of fused-ring (bicyclic) bond motifs is 1. The normalized spacial score (nSPS) is 16.9. The second kappa shape index (κ2) is 7.87. The van der Waals surface area contributed by atoms with Gasteiger partial charge >= 0.3 is 0 Å². The molecule has 1 fully saturated rings. The van der Waals surface area contributed by atoms with Crippen molar-refractivity contribution in [3.8, 4) is 0 Å². The monoisotopic (exact) mass is 408 g/mol. The molecule has 2 amide bonds. The van der Waals surface area contributed by atoms with Gasteiger partial charge in [0.25, 0.3) is 11.1 Å². The van der Waals surface area contributed by atoms with Crippen molar-refractivity contribution in [1.82, 2.24) is 9.47 Å². The highest BCUT2D eigenvalue weighted by Gasteiger charge is 2.37. The van der Waals surface area contributed by atoms with Crippen molar-refractivity contribution in [1.29, 1.82) is 0 Å². The van der Waals surface area contributed by atoms with E-state index in [4.69, 9.17) is 0 Å². The minimum Gasteiger partial charge on any atom is -0.343 e. The first-order chi connectivity index (χ1) is 14.0. The van der Waals surface area contributed by atoms with Gasteiger partial charge < -0.3 is 4.57 Å². The van der Waals surface area contributed by atoms with Gasteiger partial charge in [0.15, 0.2) is 0 Å². The van der Waals surface area contributed by atoms with Gasteiger partial charge in [-0.3, -0.25) is 14.5 Å². The van der Waals surface area contributed by atoms with Crippen LogP contribution in [0.2, 0.25) is 0 Å². The average Bonchev–Trinajstić information content (AvgIpc) is 3.21. The molecule has 1 aromatic heterocycles. The Morgan fingerprint density at radius 3 is 2.72 bits per heavy atom. The first-order valence-corrected chi connectivity index (χ1v) is 10.4. The fourth-order valence-corrected chi connectivity index (χ4v) is 4.40. The van der Waals surface area contributed by atoms with E-state index >= 15 is 0 Å². The van der Waals surface area contributed by atoms with Crippen molar-refractivity contribution < 1.29 is 14.0 Å². The highest BCUT2D eigenvalue weighted by atomic mass is 32.2. The fraction of sp³-hybridized carbons (Fsp3) is 0.217. The summed E-state index contributed by atoms with van der Waals surface area (Å²) in [5, 5.41) is 0.814. The second-order valence-corrected chi connectivity index (χ2v) is 8.19. The van der Waals surface area contributed by atoms with Crippen LogP contribution < -0.4 is 0 Å². The molecule has 1 atom stereocenters. The van der Waals surface area contributed by atoms with E-state index in [1.165, 1.54) is 17.0 Å². The summed E-state index contributed by atoms with van der Waals surface area (Å²) in [6.45, 7) is 4.42. The quantitative estimate of drug-likeness (QED) is 0.511. The number of aromatic nitrogens is 1. The van der Waals surface area contributed by atoms with E-state index in [2.05, 4.69) is 4.57 Å². The maximum absolute atomic E-state index is 13.4. The van der Waals surface area contributed by atoms with Crippen LogP contribution in [0.5, 0.6) is 0 Å². The Bertz CT molecular complexity index is 1130. The van der Waals surface area contributed by atoms with Gasteiger partial charge in [-0.15, -0.1) is 0 Å². The molecule has 6 heteroatoms. The van der Waals surface area contributed by atoms with Crippen molar-refractivity contribution in [3.05, 3.63) is 76.6 Å². The molecular formula is C23H21FN2O2S. The van der Waals surface area contributed by atoms with E-state index in [-0.39, 0.29) is 23.0 Å². The molecule has 29 heavy (non-hydrogen) atoms. The number of thioether (sulfide) groups is 1. The number of nitrogens with zero attached hydrogens (tertiary/aromatic N) is 2. The van der Waals surface area contributed by atoms with Gasteiger partial charge in [0.1, 0.15) is 5.82 Å². The van der Waals surface area contributed by atoms with E-state index in [1.54, 1.807) is 12.1 Å². The molecule has 1 aliphatic rings. The third kappa shape index (κ3) is 3.85. The van der Waals surface area contributed by atoms with Crippen LogP contribution in [-0.2, 0) is 11.3 Å². The van der Waals surface area contributed by atoms with Gasteiger partial charge in [0.05, 0.1) is 4.91 Å². The number of carbonyl (C=O) groups excluding carboxylic acids is 2. The Morgan fingerprint density at radius 2 is 1.97 bits per heavy atom. The van der Waals surface area contributed by atoms with E-state index in [1.807, 2.05) is 50.4 Å². The standard InChI is InChI=1S/C23H21FN2O2S/c1-3-15(2)26-22(27)21(29-23(26)28)13-16-7-8-20-18(11-16)9-10-25(20)14-17-5-4-6-19(24)12-17/h4-13,15H,3,14H2,1-2H3/b21-13-/t15-/m1/s1. The lowest BCUT2D eigenvalue weighted by atomic mass is 10.1. The molecule has 1 aliphatic heterocycles. The van der Waals surface area contributed by atoms with Crippen LogP contribution in [0.4, 0.5) is 9.18 Å². The Balaban J connectivity index is 1.60. The number of hydrogen-bond donors (Lipinski definition) is 0. The zero-order chi connectivity index (χ0) is 20.5. The van der Waals surface area contributed by atoms with Crippen LogP contribution in [0.1, 0.15) is 31.4 Å². The molecule has 4 nitrogen and oxygen atoms in total. The predicted molar refractivity (Wildman–Crippen MR) is 115 cm³/mol. The molecule has 148 valence electrons. The predicted octanol–water partition coefficient (Wildman–Crippen LogP) is 5.66. The van der Waals surface area contributed by atoms with E-state index < -0.39 is 0 Å². The summed E-state index contributed by atoms with van der Waals surface area (Å²) in [6, 6.07) is 14.4. The van der Waals surface area contributed by atoms with Crippen LogP contribution in [0.25, 0.3) is 17.0 Å². The Kier molecular flexibility index (Phi) is 5.28. The van der Waals surface area contributed by atoms with Crippen molar-refractivity contribution >= 4 is 39.9 Å². The molecule has 0 spiro atoms. The molecule has 0 N–H and O–H groups in total. The molecule has 0 bridgehead atoms. The Morgan fingerprint density at radius 1 is 1.14 bits per heavy atom. The van der Waals surface area contributed by atoms with Crippen molar-refractivity contribution in [2.24, 2.45) is 0 Å². The summed E-state index contributed by atoms with van der Waals surface area (Å²) in [6.07, 6.45) is 4.48. The summed E-state index contributed by atoms with van der Waals surface area (Å²) >= 11 is 0.992. The highest BCUT2D eigenvalue weighted by Crippen LogP contribution is 2.34. The van der Waals surface area contributed by atoms with E-state index in [9.17, 15) is 14.0 Å². The maximum Gasteiger partial charge on any atom is 0.293 e. The zero-order valence-corrected chi connectivity index (χ0v) is 17.1. The van der Waals surface area contributed by atoms with Crippen LogP contribution in [0.3, 0.4) is 0 Å². The molecule has 2 aromatic carbocycles. The first kappa shape index (κ1) is 19.5. The third-order valence-electron chi connectivity index (χ3n) is 5.19. The molecule has 2 heterocycles. The van der Waals surface area contributed by atoms with Crippen LogP contribution in [0.15, 0.2) is 59.6 Å². The number of halogens is 1. The van der Waals surface area contributed by atoms with E-state index in [0.717, 1.165) is 40.2 Å². The summed E-state index contributed by atoms with van der Waals surface area (Å²) < 4.78 is 15.5. The van der Waals surface area contributed by atoms with Gasteiger partial charge in [0, 0.05) is 29.7 Å². The summed E-state index contributed by atoms with van der Waals surface area (Å²) in [5.41, 5.74) is 2.79. The largest absolute Gasteiger partial charge is 0.343 e. The molecule has 0 saturated carbocycles. The molecule has 1 saturated heterocycles. The van der Waals surface area contributed by atoms with Crippen molar-refractivity contribution in [2.75, 3.05) is 0 Å². The van der Waals surface area contributed by atoms with Crippen molar-refractivity contribution in [3.63, 3.8) is 0 Å². The van der Waals surface area contributed by atoms with E-state index in [0.29, 0.717) is 11.4 Å². The lowest BCUT2D eigenvalue weighted by molar-refractivity contribution is -0.124.